The van der Waals surface area contributed by atoms with Gasteiger partial charge in [0, 0.05) is 17.6 Å². The van der Waals surface area contributed by atoms with Crippen LogP contribution in [-0.2, 0) is 14.3 Å². The fraction of sp³-hybridized carbons (Fsp3) is 0.556. The van der Waals surface area contributed by atoms with Gasteiger partial charge in [0.15, 0.2) is 0 Å². The number of rotatable bonds is 6. The molecule has 3 N–H and O–H groups in total. The van der Waals surface area contributed by atoms with Crippen LogP contribution in [0, 0.1) is 5.41 Å². The first-order valence-corrected chi connectivity index (χ1v) is 4.23. The zero-order valence-electron chi connectivity index (χ0n) is 8.34. The molecular formula is C9H14O6. The topological polar surface area (TPSA) is 104 Å². The maximum absolute atomic E-state index is 10.9. The third kappa shape index (κ3) is 5.82. The summed E-state index contributed by atoms with van der Waals surface area (Å²) in [6.45, 7) is 0.683. The summed E-state index contributed by atoms with van der Waals surface area (Å²) in [5.74, 6) is -2.08. The molecule has 0 amide bonds. The summed E-state index contributed by atoms with van der Waals surface area (Å²) in [7, 11) is 0. The molecule has 0 aromatic carbocycles. The number of aliphatic hydroxyl groups excluding tert-OH is 2. The highest BCUT2D eigenvalue weighted by Crippen LogP contribution is 2.14. The van der Waals surface area contributed by atoms with Crippen molar-refractivity contribution in [1.29, 1.82) is 0 Å². The summed E-state index contributed by atoms with van der Waals surface area (Å²) in [5, 5.41) is 25.9. The van der Waals surface area contributed by atoms with E-state index in [2.05, 4.69) is 4.74 Å². The van der Waals surface area contributed by atoms with E-state index >= 15 is 0 Å². The molecule has 0 saturated carbocycles. The first kappa shape index (κ1) is 13.6. The third-order valence-electron chi connectivity index (χ3n) is 1.69. The number of hydrogen-bond donors (Lipinski definition) is 3. The second kappa shape index (κ2) is 6.15. The lowest BCUT2D eigenvalue weighted by atomic mass is 9.95. The summed E-state index contributed by atoms with van der Waals surface area (Å²) >= 11 is 0. The Morgan fingerprint density at radius 2 is 1.80 bits per heavy atom. The molecule has 0 atom stereocenters. The third-order valence-corrected chi connectivity index (χ3v) is 1.69. The molecule has 0 bridgehead atoms. The van der Waals surface area contributed by atoms with Gasteiger partial charge in [0.1, 0.15) is 6.61 Å². The molecule has 15 heavy (non-hydrogen) atoms. The Kier molecular flexibility index (Phi) is 5.58. The molecule has 86 valence electrons. The average Bonchev–Trinajstić information content (AvgIpc) is 2.23. The van der Waals surface area contributed by atoms with E-state index in [1.807, 2.05) is 0 Å². The number of aliphatic hydroxyl groups is 2. The highest BCUT2D eigenvalue weighted by Gasteiger charge is 2.24. The van der Waals surface area contributed by atoms with Gasteiger partial charge in [-0.15, -0.1) is 0 Å². The van der Waals surface area contributed by atoms with Crippen LogP contribution in [0.2, 0.25) is 0 Å². The molecule has 0 aliphatic rings. The van der Waals surface area contributed by atoms with Crippen molar-refractivity contribution < 1.29 is 29.6 Å². The van der Waals surface area contributed by atoms with E-state index in [0.717, 1.165) is 6.08 Å². The molecule has 6 heteroatoms. The zero-order valence-corrected chi connectivity index (χ0v) is 8.34. The van der Waals surface area contributed by atoms with E-state index in [1.165, 1.54) is 6.92 Å². The van der Waals surface area contributed by atoms with Crippen LogP contribution in [0.25, 0.3) is 0 Å². The lowest BCUT2D eigenvalue weighted by molar-refractivity contribution is -0.143. The quantitative estimate of drug-likeness (QED) is 0.396. The molecule has 0 unspecified atom stereocenters. The van der Waals surface area contributed by atoms with Crippen molar-refractivity contribution in [3.05, 3.63) is 12.2 Å². The fourth-order valence-corrected chi connectivity index (χ4v) is 0.574. The first-order chi connectivity index (χ1) is 6.93. The van der Waals surface area contributed by atoms with Crippen molar-refractivity contribution in [1.82, 2.24) is 0 Å². The number of esters is 1. The van der Waals surface area contributed by atoms with Gasteiger partial charge in [-0.1, -0.05) is 6.92 Å². The second-order valence-corrected chi connectivity index (χ2v) is 3.41. The minimum Gasteiger partial charge on any atom is -0.478 e. The van der Waals surface area contributed by atoms with Crippen LogP contribution >= 0.6 is 0 Å². The smallest absolute Gasteiger partial charge is 0.331 e. The largest absolute Gasteiger partial charge is 0.478 e. The molecule has 0 aromatic heterocycles. The maximum atomic E-state index is 10.9. The minimum atomic E-state index is -1.25. The van der Waals surface area contributed by atoms with Gasteiger partial charge >= 0.3 is 11.9 Å². The van der Waals surface area contributed by atoms with Gasteiger partial charge < -0.3 is 20.1 Å². The number of aliphatic carboxylic acids is 1. The number of carbonyl (C=O) groups is 2. The van der Waals surface area contributed by atoms with E-state index in [4.69, 9.17) is 15.3 Å². The van der Waals surface area contributed by atoms with Gasteiger partial charge in [-0.05, 0) is 0 Å². The van der Waals surface area contributed by atoms with Crippen LogP contribution in [0.1, 0.15) is 6.92 Å². The van der Waals surface area contributed by atoms with Crippen LogP contribution in [0.15, 0.2) is 12.2 Å². The van der Waals surface area contributed by atoms with E-state index in [9.17, 15) is 9.59 Å². The molecule has 0 radical (unpaired) electrons. The van der Waals surface area contributed by atoms with Crippen LogP contribution < -0.4 is 0 Å². The molecule has 0 saturated heterocycles. The molecule has 0 rings (SSSR count). The Labute approximate surface area is 86.8 Å². The van der Waals surface area contributed by atoms with Crippen LogP contribution in [0.5, 0.6) is 0 Å². The van der Waals surface area contributed by atoms with Crippen LogP contribution in [0.3, 0.4) is 0 Å². The predicted octanol–water partition coefficient (Wildman–Crippen LogP) is -0.839. The van der Waals surface area contributed by atoms with Crippen molar-refractivity contribution >= 4 is 11.9 Å². The Bertz CT molecular complexity index is 253. The van der Waals surface area contributed by atoms with Gasteiger partial charge in [-0.25, -0.2) is 9.59 Å². The second-order valence-electron chi connectivity index (χ2n) is 3.41. The van der Waals surface area contributed by atoms with E-state index in [-0.39, 0.29) is 19.8 Å². The maximum Gasteiger partial charge on any atom is 0.331 e. The Morgan fingerprint density at radius 1 is 1.27 bits per heavy atom. The molecule has 0 heterocycles. The molecule has 0 spiro atoms. The number of ether oxygens (including phenoxy) is 1. The van der Waals surface area contributed by atoms with Gasteiger partial charge in [0.25, 0.3) is 0 Å². The molecule has 0 fully saturated rings. The van der Waals surface area contributed by atoms with E-state index < -0.39 is 17.4 Å². The number of carboxylic acids is 1. The highest BCUT2D eigenvalue weighted by molar-refractivity contribution is 5.90. The van der Waals surface area contributed by atoms with Crippen molar-refractivity contribution in [2.45, 2.75) is 6.92 Å². The molecule has 0 aliphatic carbocycles. The van der Waals surface area contributed by atoms with E-state index in [0.29, 0.717) is 6.08 Å². The standard InChI is InChI=1S/C9H14O6/c1-9(4-10,5-11)6-15-8(14)3-2-7(12)13/h2-3,10-11H,4-6H2,1H3,(H,12,13). The monoisotopic (exact) mass is 218 g/mol. The molecule has 0 aromatic rings. The summed E-state index contributed by atoms with van der Waals surface area (Å²) in [5.41, 5.74) is -0.910. The van der Waals surface area contributed by atoms with E-state index in [1.54, 1.807) is 0 Å². The Balaban J connectivity index is 4.05. The summed E-state index contributed by atoms with van der Waals surface area (Å²) in [4.78, 5) is 20.9. The number of hydrogen-bond acceptors (Lipinski definition) is 5. The Hall–Kier alpha value is -1.40. The van der Waals surface area contributed by atoms with Crippen LogP contribution in [-0.4, -0.2) is 47.1 Å². The first-order valence-electron chi connectivity index (χ1n) is 4.23. The summed E-state index contributed by atoms with van der Waals surface area (Å²) in [6.07, 6.45) is 1.41. The van der Waals surface area contributed by atoms with Crippen molar-refractivity contribution in [3.8, 4) is 0 Å². The van der Waals surface area contributed by atoms with Gasteiger partial charge in [0.2, 0.25) is 0 Å². The SMILES string of the molecule is CC(CO)(CO)COC(=O)C=CC(=O)O. The zero-order chi connectivity index (χ0) is 11.9. The lowest BCUT2D eigenvalue weighted by Crippen LogP contribution is -2.32. The van der Waals surface area contributed by atoms with Crippen molar-refractivity contribution in [2.24, 2.45) is 5.41 Å². The van der Waals surface area contributed by atoms with Crippen molar-refractivity contribution in [3.63, 3.8) is 0 Å². The van der Waals surface area contributed by atoms with Gasteiger partial charge in [0.05, 0.1) is 13.2 Å². The highest BCUT2D eigenvalue weighted by atomic mass is 16.5. The van der Waals surface area contributed by atoms with Crippen molar-refractivity contribution in [2.75, 3.05) is 19.8 Å². The normalized spacial score (nSPS) is 11.7. The molecule has 6 nitrogen and oxygen atoms in total. The molecule has 0 aliphatic heterocycles. The van der Waals surface area contributed by atoms with Gasteiger partial charge in [-0.3, -0.25) is 0 Å². The minimum absolute atomic E-state index is 0.178. The summed E-state index contributed by atoms with van der Waals surface area (Å²) in [6, 6.07) is 0. The Morgan fingerprint density at radius 3 is 2.20 bits per heavy atom. The summed E-state index contributed by atoms with van der Waals surface area (Å²) < 4.78 is 4.63. The molecular weight excluding hydrogens is 204 g/mol. The average molecular weight is 218 g/mol. The predicted molar refractivity (Wildman–Crippen MR) is 50.0 cm³/mol. The lowest BCUT2D eigenvalue weighted by Gasteiger charge is -2.23. The van der Waals surface area contributed by atoms with Crippen LogP contribution in [0.4, 0.5) is 0 Å². The number of carboxylic acid groups (broad SMARTS) is 1. The fourth-order valence-electron chi connectivity index (χ4n) is 0.574. The van der Waals surface area contributed by atoms with Gasteiger partial charge in [-0.2, -0.15) is 0 Å². The number of carbonyl (C=O) groups excluding carboxylic acids is 1.